The molecule has 6 nitrogen and oxygen atoms in total. The summed E-state index contributed by atoms with van der Waals surface area (Å²) in [4.78, 5) is 4.41. The number of hydrogen-bond donors (Lipinski definition) is 2. The lowest BCUT2D eigenvalue weighted by Crippen LogP contribution is -2.48. The number of rotatable bonds is 7. The third-order valence-corrected chi connectivity index (χ3v) is 5.98. The molecule has 2 heterocycles. The van der Waals surface area contributed by atoms with E-state index in [9.17, 15) is 0 Å². The van der Waals surface area contributed by atoms with E-state index >= 15 is 0 Å². The Morgan fingerprint density at radius 3 is 2.60 bits per heavy atom. The topological polar surface area (TPSA) is 71.7 Å². The lowest BCUT2D eigenvalue weighted by atomic mass is 9.74. The van der Waals surface area contributed by atoms with Crippen LogP contribution in [-0.4, -0.2) is 37.9 Å². The van der Waals surface area contributed by atoms with Crippen molar-refractivity contribution in [2.24, 2.45) is 4.99 Å². The average Bonchev–Trinajstić information content (AvgIpc) is 3.16. The first-order valence-electron chi connectivity index (χ1n) is 10.4. The van der Waals surface area contributed by atoms with Crippen LogP contribution in [-0.2, 0) is 29.5 Å². The second-order valence-corrected chi connectivity index (χ2v) is 7.86. The van der Waals surface area contributed by atoms with E-state index in [0.29, 0.717) is 6.54 Å². The smallest absolute Gasteiger partial charge is 0.191 e. The maximum atomic E-state index is 6.28. The Bertz CT molecular complexity index is 813. The zero-order valence-electron chi connectivity index (χ0n) is 18.0. The van der Waals surface area contributed by atoms with Gasteiger partial charge in [-0.25, -0.2) is 0 Å². The molecule has 0 radical (unpaired) electrons. The molecule has 0 spiro atoms. The van der Waals surface area contributed by atoms with Gasteiger partial charge in [-0.15, -0.1) is 24.0 Å². The number of guanidine groups is 1. The molecule has 0 bridgehead atoms. The molecular weight excluding hydrogens is 515 g/mol. The van der Waals surface area contributed by atoms with Gasteiger partial charge in [-0.3, -0.25) is 4.99 Å². The Morgan fingerprint density at radius 2 is 1.97 bits per heavy atom. The molecule has 0 unspecified atom stereocenters. The van der Waals surface area contributed by atoms with Crippen molar-refractivity contribution in [3.05, 3.63) is 51.9 Å². The van der Waals surface area contributed by atoms with E-state index in [1.807, 2.05) is 12.1 Å². The van der Waals surface area contributed by atoms with Crippen molar-refractivity contribution >= 4 is 41.5 Å². The molecule has 166 valence electrons. The number of aliphatic imine (C=N–C) groups is 1. The summed E-state index contributed by atoms with van der Waals surface area (Å²) in [5.74, 6) is 1.70. The number of halogens is 2. The standard InChI is InChI=1S/C22H31ClN4O2.HI/c1-4-19-18(20(5-2)29-27-19)14-25-21(24-3)26-15-22(9-11-28-12-10-22)16-7-6-8-17(23)13-16;/h6-8,13H,4-5,9-12,14-15H2,1-3H3,(H2,24,25,26);1H. The van der Waals surface area contributed by atoms with Gasteiger partial charge in [0, 0.05) is 55.8 Å². The van der Waals surface area contributed by atoms with Gasteiger partial charge in [-0.1, -0.05) is 42.7 Å². The lowest BCUT2D eigenvalue weighted by molar-refractivity contribution is 0.0514. The number of aromatic nitrogens is 1. The highest BCUT2D eigenvalue weighted by Gasteiger charge is 2.34. The largest absolute Gasteiger partial charge is 0.381 e. The molecular formula is C22H32ClIN4O2. The predicted molar refractivity (Wildman–Crippen MR) is 132 cm³/mol. The number of benzene rings is 1. The van der Waals surface area contributed by atoms with Crippen molar-refractivity contribution in [3.63, 3.8) is 0 Å². The summed E-state index contributed by atoms with van der Waals surface area (Å²) in [6.07, 6.45) is 3.57. The van der Waals surface area contributed by atoms with Crippen LogP contribution in [0.15, 0.2) is 33.8 Å². The molecule has 0 atom stereocenters. The molecule has 0 amide bonds. The highest BCUT2D eigenvalue weighted by atomic mass is 127. The van der Waals surface area contributed by atoms with Crippen LogP contribution in [0.3, 0.4) is 0 Å². The summed E-state index contributed by atoms with van der Waals surface area (Å²) in [7, 11) is 1.79. The van der Waals surface area contributed by atoms with Crippen LogP contribution >= 0.6 is 35.6 Å². The van der Waals surface area contributed by atoms with Gasteiger partial charge in [-0.05, 0) is 37.0 Å². The molecule has 2 aromatic rings. The third kappa shape index (κ3) is 5.88. The number of hydrogen-bond acceptors (Lipinski definition) is 4. The van der Waals surface area contributed by atoms with Crippen LogP contribution in [0.25, 0.3) is 0 Å². The number of ether oxygens (including phenoxy) is 1. The van der Waals surface area contributed by atoms with Gasteiger partial charge >= 0.3 is 0 Å². The molecule has 0 aliphatic carbocycles. The summed E-state index contributed by atoms with van der Waals surface area (Å²) in [6.45, 7) is 7.08. The van der Waals surface area contributed by atoms with Crippen LogP contribution in [0.2, 0.25) is 5.02 Å². The van der Waals surface area contributed by atoms with Crippen LogP contribution in [0.5, 0.6) is 0 Å². The van der Waals surface area contributed by atoms with Gasteiger partial charge in [-0.2, -0.15) is 0 Å². The molecule has 1 saturated heterocycles. The molecule has 30 heavy (non-hydrogen) atoms. The monoisotopic (exact) mass is 546 g/mol. The zero-order chi connectivity index (χ0) is 20.7. The SMILES string of the molecule is CCc1noc(CC)c1CNC(=NC)NCC1(c2cccc(Cl)c2)CCOCC1.I. The molecule has 8 heteroatoms. The lowest BCUT2D eigenvalue weighted by Gasteiger charge is -2.38. The maximum Gasteiger partial charge on any atom is 0.191 e. The first kappa shape index (κ1) is 24.9. The predicted octanol–water partition coefficient (Wildman–Crippen LogP) is 4.48. The number of aryl methyl sites for hydroxylation is 2. The summed E-state index contributed by atoms with van der Waals surface area (Å²) >= 11 is 6.28. The quantitative estimate of drug-likeness (QED) is 0.304. The van der Waals surface area contributed by atoms with Gasteiger partial charge in [0.15, 0.2) is 5.96 Å². The van der Waals surface area contributed by atoms with E-state index in [2.05, 4.69) is 46.8 Å². The van der Waals surface area contributed by atoms with Crippen molar-refractivity contribution < 1.29 is 9.26 Å². The Kier molecular flexibility index (Phi) is 9.90. The summed E-state index contributed by atoms with van der Waals surface area (Å²) in [6, 6.07) is 8.17. The van der Waals surface area contributed by atoms with E-state index in [-0.39, 0.29) is 29.4 Å². The normalized spacial score (nSPS) is 16.1. The van der Waals surface area contributed by atoms with E-state index < -0.39 is 0 Å². The fourth-order valence-corrected chi connectivity index (χ4v) is 4.12. The first-order valence-corrected chi connectivity index (χ1v) is 10.7. The highest BCUT2D eigenvalue weighted by molar-refractivity contribution is 14.0. The van der Waals surface area contributed by atoms with E-state index in [1.165, 1.54) is 5.56 Å². The van der Waals surface area contributed by atoms with Gasteiger partial charge in [0.05, 0.1) is 5.69 Å². The average molecular weight is 547 g/mol. The van der Waals surface area contributed by atoms with Crippen molar-refractivity contribution in [1.82, 2.24) is 15.8 Å². The Balaban J connectivity index is 0.00000320. The minimum atomic E-state index is -0.0267. The zero-order valence-corrected chi connectivity index (χ0v) is 21.0. The minimum Gasteiger partial charge on any atom is -0.381 e. The molecule has 1 aliphatic rings. The molecule has 0 saturated carbocycles. The second-order valence-electron chi connectivity index (χ2n) is 7.42. The van der Waals surface area contributed by atoms with E-state index in [4.69, 9.17) is 20.9 Å². The van der Waals surface area contributed by atoms with Gasteiger partial charge < -0.3 is 19.9 Å². The molecule has 1 aromatic carbocycles. The van der Waals surface area contributed by atoms with Crippen molar-refractivity contribution in [2.45, 2.75) is 51.5 Å². The molecule has 1 aliphatic heterocycles. The molecule has 1 fully saturated rings. The van der Waals surface area contributed by atoms with Crippen LogP contribution < -0.4 is 10.6 Å². The summed E-state index contributed by atoms with van der Waals surface area (Å²) in [5.41, 5.74) is 3.36. The fourth-order valence-electron chi connectivity index (χ4n) is 3.93. The van der Waals surface area contributed by atoms with Gasteiger partial charge in [0.25, 0.3) is 0 Å². The molecule has 3 rings (SSSR count). The van der Waals surface area contributed by atoms with Crippen LogP contribution in [0.4, 0.5) is 0 Å². The first-order chi connectivity index (χ1) is 14.1. The Labute approximate surface area is 201 Å². The molecule has 1 aromatic heterocycles. The van der Waals surface area contributed by atoms with Gasteiger partial charge in [0.1, 0.15) is 5.76 Å². The molecule has 2 N–H and O–H groups in total. The summed E-state index contributed by atoms with van der Waals surface area (Å²) in [5, 5.41) is 11.9. The fraction of sp³-hybridized carbons (Fsp3) is 0.545. The van der Waals surface area contributed by atoms with Gasteiger partial charge in [0.2, 0.25) is 0 Å². The van der Waals surface area contributed by atoms with Crippen LogP contribution in [0, 0.1) is 0 Å². The number of nitrogens with zero attached hydrogens (tertiary/aromatic N) is 2. The maximum absolute atomic E-state index is 6.28. The minimum absolute atomic E-state index is 0. The summed E-state index contributed by atoms with van der Waals surface area (Å²) < 4.78 is 11.1. The Morgan fingerprint density at radius 1 is 1.20 bits per heavy atom. The number of nitrogens with one attached hydrogen (secondary N) is 2. The van der Waals surface area contributed by atoms with E-state index in [1.54, 1.807) is 7.05 Å². The third-order valence-electron chi connectivity index (χ3n) is 5.74. The van der Waals surface area contributed by atoms with Crippen molar-refractivity contribution in [1.29, 1.82) is 0 Å². The second kappa shape index (κ2) is 11.9. The van der Waals surface area contributed by atoms with Crippen molar-refractivity contribution in [2.75, 3.05) is 26.8 Å². The van der Waals surface area contributed by atoms with E-state index in [0.717, 1.165) is 73.4 Å². The highest BCUT2D eigenvalue weighted by Crippen LogP contribution is 2.35. The van der Waals surface area contributed by atoms with Crippen molar-refractivity contribution in [3.8, 4) is 0 Å². The van der Waals surface area contributed by atoms with Crippen LogP contribution in [0.1, 0.15) is 49.3 Å². The Hall–Kier alpha value is -1.32.